The van der Waals surface area contributed by atoms with Crippen molar-refractivity contribution in [2.75, 3.05) is 24.3 Å². The molecule has 0 aliphatic rings. The molecule has 0 spiro atoms. The van der Waals surface area contributed by atoms with Gasteiger partial charge in [0.05, 0.1) is 10.6 Å². The summed E-state index contributed by atoms with van der Waals surface area (Å²) in [6.07, 6.45) is 0. The second-order valence-electron chi connectivity index (χ2n) is 9.46. The van der Waals surface area contributed by atoms with Crippen molar-refractivity contribution in [3.63, 3.8) is 0 Å². The third-order valence-corrected chi connectivity index (χ3v) is 6.59. The molecule has 0 radical (unpaired) electrons. The molecule has 3 aromatic rings. The second-order valence-corrected chi connectivity index (χ2v) is 9.87. The fourth-order valence-electron chi connectivity index (χ4n) is 3.96. The van der Waals surface area contributed by atoms with E-state index in [0.29, 0.717) is 28.4 Å². The third kappa shape index (κ3) is 6.43. The molecule has 6 heteroatoms. The first-order chi connectivity index (χ1) is 16.6. The average molecular weight is 492 g/mol. The quantitative estimate of drug-likeness (QED) is 0.383. The van der Waals surface area contributed by atoms with E-state index in [1.165, 1.54) is 0 Å². The molecular formula is C29H34ClN3O2. The van der Waals surface area contributed by atoms with Crippen LogP contribution in [0.15, 0.2) is 66.7 Å². The van der Waals surface area contributed by atoms with Gasteiger partial charge in [-0.25, -0.2) is 0 Å². The molecule has 3 aromatic carbocycles. The van der Waals surface area contributed by atoms with Crippen LogP contribution in [-0.2, 0) is 6.54 Å². The van der Waals surface area contributed by atoms with E-state index < -0.39 is 0 Å². The maximum atomic E-state index is 13.6. The topological polar surface area (TPSA) is 52.7 Å². The largest absolute Gasteiger partial charge is 0.377 e. The van der Waals surface area contributed by atoms with Gasteiger partial charge in [-0.05, 0) is 67.8 Å². The maximum absolute atomic E-state index is 13.6. The van der Waals surface area contributed by atoms with E-state index in [4.69, 9.17) is 11.6 Å². The van der Waals surface area contributed by atoms with Crippen LogP contribution in [0, 0.1) is 12.8 Å². The number of carbonyl (C=O) groups excluding carboxylic acids is 2. The zero-order valence-electron chi connectivity index (χ0n) is 21.3. The Kier molecular flexibility index (Phi) is 8.57. The van der Waals surface area contributed by atoms with Crippen LogP contribution in [0.25, 0.3) is 0 Å². The van der Waals surface area contributed by atoms with Gasteiger partial charge in [-0.1, -0.05) is 55.3 Å². The first kappa shape index (κ1) is 26.3. The summed E-state index contributed by atoms with van der Waals surface area (Å²) in [4.78, 5) is 30.4. The predicted molar refractivity (Wildman–Crippen MR) is 146 cm³/mol. The zero-order chi connectivity index (χ0) is 25.7. The van der Waals surface area contributed by atoms with Crippen molar-refractivity contribution < 1.29 is 9.59 Å². The molecule has 184 valence electrons. The van der Waals surface area contributed by atoms with Crippen LogP contribution >= 0.6 is 11.6 Å². The van der Waals surface area contributed by atoms with E-state index >= 15 is 0 Å². The Balaban J connectivity index is 1.97. The molecule has 0 heterocycles. The van der Waals surface area contributed by atoms with Gasteiger partial charge in [-0.15, -0.1) is 0 Å². The molecule has 0 bridgehead atoms. The summed E-state index contributed by atoms with van der Waals surface area (Å²) in [5.41, 5.74) is 4.71. The first-order valence-electron chi connectivity index (χ1n) is 11.8. The van der Waals surface area contributed by atoms with Crippen LogP contribution in [0.1, 0.15) is 52.6 Å². The molecular weight excluding hydrogens is 458 g/mol. The van der Waals surface area contributed by atoms with Crippen LogP contribution < -0.4 is 10.2 Å². The monoisotopic (exact) mass is 491 g/mol. The van der Waals surface area contributed by atoms with Crippen molar-refractivity contribution in [3.8, 4) is 0 Å². The highest BCUT2D eigenvalue weighted by atomic mass is 35.5. The van der Waals surface area contributed by atoms with E-state index in [2.05, 4.69) is 26.1 Å². The highest BCUT2D eigenvalue weighted by Gasteiger charge is 2.25. The molecule has 0 aromatic heterocycles. The maximum Gasteiger partial charge on any atom is 0.257 e. The van der Waals surface area contributed by atoms with Gasteiger partial charge in [0.1, 0.15) is 0 Å². The van der Waals surface area contributed by atoms with Crippen LogP contribution in [-0.4, -0.2) is 36.9 Å². The Hall–Kier alpha value is -3.31. The van der Waals surface area contributed by atoms with Crippen LogP contribution in [0.4, 0.5) is 11.4 Å². The molecule has 0 saturated carbocycles. The lowest BCUT2D eigenvalue weighted by Gasteiger charge is -2.33. The van der Waals surface area contributed by atoms with Crippen molar-refractivity contribution in [1.82, 2.24) is 4.90 Å². The molecule has 0 aliphatic carbocycles. The lowest BCUT2D eigenvalue weighted by Crippen LogP contribution is -2.41. The molecule has 5 nitrogen and oxygen atoms in total. The number of aryl methyl sites for hydroxylation is 1. The van der Waals surface area contributed by atoms with Gasteiger partial charge in [0.25, 0.3) is 11.8 Å². The van der Waals surface area contributed by atoms with Gasteiger partial charge in [0.2, 0.25) is 0 Å². The van der Waals surface area contributed by atoms with Gasteiger partial charge < -0.3 is 15.1 Å². The van der Waals surface area contributed by atoms with E-state index in [1.54, 1.807) is 24.3 Å². The number of carbonyl (C=O) groups is 2. The smallest absolute Gasteiger partial charge is 0.257 e. The molecule has 2 amide bonds. The number of rotatable bonds is 8. The Morgan fingerprint density at radius 3 is 2.29 bits per heavy atom. The molecule has 0 saturated heterocycles. The van der Waals surface area contributed by atoms with Crippen molar-refractivity contribution in [1.29, 1.82) is 0 Å². The molecule has 0 fully saturated rings. The van der Waals surface area contributed by atoms with Crippen LogP contribution in [0.5, 0.6) is 0 Å². The zero-order valence-corrected chi connectivity index (χ0v) is 22.1. The average Bonchev–Trinajstić information content (AvgIpc) is 2.81. The van der Waals surface area contributed by atoms with Crippen molar-refractivity contribution in [2.24, 2.45) is 5.92 Å². The van der Waals surface area contributed by atoms with Crippen molar-refractivity contribution in [3.05, 3.63) is 94.0 Å². The van der Waals surface area contributed by atoms with Crippen molar-refractivity contribution >= 4 is 34.8 Å². The van der Waals surface area contributed by atoms with E-state index in [1.807, 2.05) is 73.3 Å². The van der Waals surface area contributed by atoms with Crippen molar-refractivity contribution in [2.45, 2.75) is 40.3 Å². The van der Waals surface area contributed by atoms with Gasteiger partial charge in [0.15, 0.2) is 0 Å². The molecule has 0 unspecified atom stereocenters. The van der Waals surface area contributed by atoms with E-state index in [0.717, 1.165) is 16.8 Å². The molecule has 0 aliphatic heterocycles. The van der Waals surface area contributed by atoms with E-state index in [9.17, 15) is 9.59 Å². The minimum Gasteiger partial charge on any atom is -0.377 e. The predicted octanol–water partition coefficient (Wildman–Crippen LogP) is 6.65. The summed E-state index contributed by atoms with van der Waals surface area (Å²) < 4.78 is 0. The highest BCUT2D eigenvalue weighted by molar-refractivity contribution is 6.34. The first-order valence-corrected chi connectivity index (χ1v) is 12.2. The van der Waals surface area contributed by atoms with Gasteiger partial charge in [-0.2, -0.15) is 0 Å². The summed E-state index contributed by atoms with van der Waals surface area (Å²) in [5.74, 6) is -0.0119. The Labute approximate surface area is 213 Å². The number of nitrogens with zero attached hydrogens (tertiary/aromatic N) is 2. The fraction of sp³-hybridized carbons (Fsp3) is 0.310. The summed E-state index contributed by atoms with van der Waals surface area (Å²) >= 11 is 6.21. The highest BCUT2D eigenvalue weighted by Crippen LogP contribution is 2.28. The Bertz CT molecular complexity index is 1210. The summed E-state index contributed by atoms with van der Waals surface area (Å²) in [7, 11) is 3.94. The molecule has 1 N–H and O–H groups in total. The van der Waals surface area contributed by atoms with Crippen LogP contribution in [0.3, 0.4) is 0 Å². The number of hydrogen-bond donors (Lipinski definition) is 1. The third-order valence-electron chi connectivity index (χ3n) is 6.26. The standard InChI is InChI=1S/C29H34ClN3O2/c1-19(2)21(4)33(29(35)22-11-9-10-20(3)16-22)18-23-17-24(14-15-27(23)32(5)6)31-28(34)25-12-7-8-13-26(25)30/h7-17,19,21H,18H2,1-6H3,(H,31,34)/t21-/m1/s1. The normalized spacial score (nSPS) is 11.8. The fourth-order valence-corrected chi connectivity index (χ4v) is 4.18. The number of anilines is 2. The minimum atomic E-state index is -0.276. The lowest BCUT2D eigenvalue weighted by molar-refractivity contribution is 0.0628. The number of amides is 2. The second kappa shape index (κ2) is 11.4. The van der Waals surface area contributed by atoms with Gasteiger partial charge in [0, 0.05) is 43.6 Å². The minimum absolute atomic E-state index is 0.00916. The lowest BCUT2D eigenvalue weighted by atomic mass is 10.0. The number of halogens is 1. The Morgan fingerprint density at radius 2 is 1.66 bits per heavy atom. The summed E-state index contributed by atoms with van der Waals surface area (Å²) in [6, 6.07) is 20.4. The number of nitrogens with one attached hydrogen (secondary N) is 1. The SMILES string of the molecule is Cc1cccc(C(=O)N(Cc2cc(NC(=O)c3ccccc3Cl)ccc2N(C)C)[C@H](C)C(C)C)c1. The van der Waals surface area contributed by atoms with Crippen LogP contribution in [0.2, 0.25) is 5.02 Å². The summed E-state index contributed by atoms with van der Waals surface area (Å²) in [6.45, 7) is 8.72. The number of hydrogen-bond acceptors (Lipinski definition) is 3. The molecule has 1 atom stereocenters. The van der Waals surface area contributed by atoms with Gasteiger partial charge in [-0.3, -0.25) is 9.59 Å². The van der Waals surface area contributed by atoms with Gasteiger partial charge >= 0.3 is 0 Å². The van der Waals surface area contributed by atoms with E-state index in [-0.39, 0.29) is 23.8 Å². The molecule has 3 rings (SSSR count). The Morgan fingerprint density at radius 1 is 0.943 bits per heavy atom. The number of benzene rings is 3. The summed E-state index contributed by atoms with van der Waals surface area (Å²) in [5, 5.41) is 3.35. The molecule has 35 heavy (non-hydrogen) atoms.